The van der Waals surface area contributed by atoms with E-state index in [1.165, 1.54) is 17.7 Å². The van der Waals surface area contributed by atoms with E-state index in [2.05, 4.69) is 0 Å². The summed E-state index contributed by atoms with van der Waals surface area (Å²) in [6, 6.07) is 14.4. The molecule has 0 bridgehead atoms. The lowest BCUT2D eigenvalue weighted by atomic mass is 10.0. The second-order valence-electron chi connectivity index (χ2n) is 4.32. The van der Waals surface area contributed by atoms with Gasteiger partial charge >= 0.3 is 0 Å². The number of rotatable bonds is 4. The monoisotopic (exact) mass is 295 g/mol. The number of hydrogen-bond donors (Lipinski definition) is 1. The number of halogens is 1. The molecule has 2 aromatic rings. The summed E-state index contributed by atoms with van der Waals surface area (Å²) in [5.41, 5.74) is 8.64. The molecule has 2 rings (SSSR count). The predicted molar refractivity (Wildman–Crippen MR) is 77.7 cm³/mol. The third kappa shape index (κ3) is 3.98. The Morgan fingerprint density at radius 3 is 1.68 bits per heavy atom. The fourth-order valence-electron chi connectivity index (χ4n) is 1.79. The van der Waals surface area contributed by atoms with E-state index in [-0.39, 0.29) is 4.90 Å². The van der Waals surface area contributed by atoms with E-state index >= 15 is 0 Å². The van der Waals surface area contributed by atoms with Crippen molar-refractivity contribution in [2.45, 2.75) is 17.7 Å². The maximum absolute atomic E-state index is 11.1. The van der Waals surface area contributed by atoms with E-state index in [9.17, 15) is 8.42 Å². The molecule has 0 aliphatic rings. The third-order valence-electron chi connectivity index (χ3n) is 2.89. The molecule has 5 heteroatoms. The van der Waals surface area contributed by atoms with Gasteiger partial charge in [0.25, 0.3) is 9.05 Å². The highest BCUT2D eigenvalue weighted by atomic mass is 35.7. The van der Waals surface area contributed by atoms with Gasteiger partial charge in [-0.15, -0.1) is 0 Å². The van der Waals surface area contributed by atoms with Gasteiger partial charge in [-0.05, 0) is 48.2 Å². The molecule has 0 fully saturated rings. The minimum absolute atomic E-state index is 0.130. The lowest BCUT2D eigenvalue weighted by Gasteiger charge is -2.03. The Labute approximate surface area is 117 Å². The van der Waals surface area contributed by atoms with Crippen LogP contribution < -0.4 is 5.73 Å². The molecular formula is C14H14ClNO2S. The number of hydrogen-bond acceptors (Lipinski definition) is 3. The highest BCUT2D eigenvalue weighted by molar-refractivity contribution is 8.13. The lowest BCUT2D eigenvalue weighted by molar-refractivity contribution is 0.609. The summed E-state index contributed by atoms with van der Waals surface area (Å²) < 4.78 is 22.2. The van der Waals surface area contributed by atoms with Crippen LogP contribution in [0.15, 0.2) is 53.4 Å². The van der Waals surface area contributed by atoms with Crippen LogP contribution in [-0.4, -0.2) is 8.42 Å². The summed E-state index contributed by atoms with van der Waals surface area (Å²) in [4.78, 5) is 0.130. The molecule has 0 heterocycles. The van der Waals surface area contributed by atoms with Crippen molar-refractivity contribution in [1.29, 1.82) is 0 Å². The molecule has 0 aliphatic heterocycles. The van der Waals surface area contributed by atoms with E-state index in [1.54, 1.807) is 12.1 Å². The Morgan fingerprint density at radius 1 is 0.842 bits per heavy atom. The van der Waals surface area contributed by atoms with Gasteiger partial charge in [0.2, 0.25) is 0 Å². The van der Waals surface area contributed by atoms with Crippen LogP contribution in [0.5, 0.6) is 0 Å². The molecule has 0 aromatic heterocycles. The molecular weight excluding hydrogens is 282 g/mol. The summed E-state index contributed by atoms with van der Waals surface area (Å²) in [6.07, 6.45) is 1.72. The minimum atomic E-state index is -3.63. The maximum Gasteiger partial charge on any atom is 0.261 e. The fraction of sp³-hybridized carbons (Fsp3) is 0.143. The first-order valence-electron chi connectivity index (χ1n) is 5.83. The molecule has 0 amide bonds. The van der Waals surface area contributed by atoms with Gasteiger partial charge in [-0.2, -0.15) is 0 Å². The molecule has 0 atom stereocenters. The molecule has 0 saturated carbocycles. The van der Waals surface area contributed by atoms with E-state index in [0.29, 0.717) is 0 Å². The van der Waals surface area contributed by atoms with Gasteiger partial charge in [0, 0.05) is 16.4 Å². The first-order chi connectivity index (χ1) is 8.95. The van der Waals surface area contributed by atoms with Crippen LogP contribution in [-0.2, 0) is 21.9 Å². The highest BCUT2D eigenvalue weighted by Gasteiger charge is 2.08. The number of nitrogens with two attached hydrogens (primary N) is 1. The van der Waals surface area contributed by atoms with Crippen molar-refractivity contribution in [2.75, 3.05) is 5.73 Å². The Bertz CT molecular complexity index is 649. The molecule has 2 aromatic carbocycles. The van der Waals surface area contributed by atoms with Gasteiger partial charge < -0.3 is 5.73 Å². The zero-order valence-corrected chi connectivity index (χ0v) is 11.8. The van der Waals surface area contributed by atoms with Crippen molar-refractivity contribution < 1.29 is 8.42 Å². The summed E-state index contributed by atoms with van der Waals surface area (Å²) in [7, 11) is 1.63. The van der Waals surface area contributed by atoms with Crippen LogP contribution in [0, 0.1) is 0 Å². The quantitative estimate of drug-likeness (QED) is 0.697. The van der Waals surface area contributed by atoms with Gasteiger partial charge in [0.1, 0.15) is 0 Å². The van der Waals surface area contributed by atoms with Gasteiger partial charge in [0.05, 0.1) is 4.90 Å². The SMILES string of the molecule is Nc1ccc(CCc2ccc(S(=O)(=O)Cl)cc2)cc1. The second kappa shape index (κ2) is 5.63. The number of benzene rings is 2. The van der Waals surface area contributed by atoms with Crippen molar-refractivity contribution in [3.63, 3.8) is 0 Å². The number of anilines is 1. The first-order valence-corrected chi connectivity index (χ1v) is 8.14. The number of nitrogen functional groups attached to an aromatic ring is 1. The predicted octanol–water partition coefficient (Wildman–Crippen LogP) is 2.98. The normalized spacial score (nSPS) is 11.4. The van der Waals surface area contributed by atoms with Crippen molar-refractivity contribution in [2.24, 2.45) is 0 Å². The molecule has 0 aliphatic carbocycles. The zero-order valence-electron chi connectivity index (χ0n) is 10.2. The Balaban J connectivity index is 2.02. The van der Waals surface area contributed by atoms with Crippen LogP contribution in [0.25, 0.3) is 0 Å². The first kappa shape index (κ1) is 13.9. The van der Waals surface area contributed by atoms with Crippen LogP contribution in [0.4, 0.5) is 5.69 Å². The van der Waals surface area contributed by atoms with Crippen molar-refractivity contribution >= 4 is 25.4 Å². The smallest absolute Gasteiger partial charge is 0.261 e. The summed E-state index contributed by atoms with van der Waals surface area (Å²) in [6.45, 7) is 0. The van der Waals surface area contributed by atoms with Gasteiger partial charge in [-0.25, -0.2) is 8.42 Å². The molecule has 3 nitrogen and oxygen atoms in total. The largest absolute Gasteiger partial charge is 0.399 e. The van der Waals surface area contributed by atoms with Gasteiger partial charge in [-0.1, -0.05) is 24.3 Å². The average Bonchev–Trinajstić information content (AvgIpc) is 2.37. The van der Waals surface area contributed by atoms with Crippen LogP contribution >= 0.6 is 10.7 Å². The van der Waals surface area contributed by atoms with E-state index in [0.717, 1.165) is 24.1 Å². The summed E-state index contributed by atoms with van der Waals surface area (Å²) >= 11 is 0. The minimum Gasteiger partial charge on any atom is -0.399 e. The molecule has 19 heavy (non-hydrogen) atoms. The van der Waals surface area contributed by atoms with Crippen LogP contribution in [0.2, 0.25) is 0 Å². The highest BCUT2D eigenvalue weighted by Crippen LogP contribution is 2.16. The van der Waals surface area contributed by atoms with E-state index < -0.39 is 9.05 Å². The van der Waals surface area contributed by atoms with Crippen LogP contribution in [0.3, 0.4) is 0 Å². The average molecular weight is 296 g/mol. The second-order valence-corrected chi connectivity index (χ2v) is 6.89. The molecule has 0 unspecified atom stereocenters. The van der Waals surface area contributed by atoms with Gasteiger partial charge in [0.15, 0.2) is 0 Å². The van der Waals surface area contributed by atoms with Crippen LogP contribution in [0.1, 0.15) is 11.1 Å². The van der Waals surface area contributed by atoms with Gasteiger partial charge in [-0.3, -0.25) is 0 Å². The van der Waals surface area contributed by atoms with E-state index in [1.807, 2.05) is 24.3 Å². The third-order valence-corrected chi connectivity index (χ3v) is 4.26. The lowest BCUT2D eigenvalue weighted by Crippen LogP contribution is -1.94. The fourth-order valence-corrected chi connectivity index (χ4v) is 2.56. The van der Waals surface area contributed by atoms with Crippen molar-refractivity contribution in [3.8, 4) is 0 Å². The van der Waals surface area contributed by atoms with E-state index in [4.69, 9.17) is 16.4 Å². The Kier molecular flexibility index (Phi) is 4.12. The summed E-state index contributed by atoms with van der Waals surface area (Å²) in [5.74, 6) is 0. The molecule has 0 saturated heterocycles. The molecule has 100 valence electrons. The Morgan fingerprint density at radius 2 is 1.26 bits per heavy atom. The Hall–Kier alpha value is -1.52. The van der Waals surface area contributed by atoms with Crippen molar-refractivity contribution in [1.82, 2.24) is 0 Å². The molecule has 0 spiro atoms. The molecule has 2 N–H and O–H groups in total. The topological polar surface area (TPSA) is 60.2 Å². The summed E-state index contributed by atoms with van der Waals surface area (Å²) in [5, 5.41) is 0. The number of aryl methyl sites for hydroxylation is 2. The maximum atomic E-state index is 11.1. The molecule has 0 radical (unpaired) electrons. The zero-order chi connectivity index (χ0) is 13.9. The standard InChI is InChI=1S/C14H14ClNO2S/c15-19(17,18)14-9-5-12(6-10-14)2-1-11-3-7-13(16)8-4-11/h3-10H,1-2,16H2. The van der Waals surface area contributed by atoms with Crippen molar-refractivity contribution in [3.05, 3.63) is 59.7 Å².